The number of nitrogens with zero attached hydrogens (tertiary/aromatic N) is 1. The number of hydrogen-bond donors (Lipinski definition) is 2. The lowest BCUT2D eigenvalue weighted by Gasteiger charge is -2.13. The maximum atomic E-state index is 11.9. The quantitative estimate of drug-likeness (QED) is 0.863. The fourth-order valence-corrected chi connectivity index (χ4v) is 1.62. The Bertz CT molecular complexity index is 537. The number of nitrogens with one attached hydrogen (secondary N) is 2. The van der Waals surface area contributed by atoms with Crippen molar-refractivity contribution in [2.75, 3.05) is 5.32 Å². The molecule has 0 aliphatic heterocycles. The molecule has 5 heteroatoms. The van der Waals surface area contributed by atoms with Gasteiger partial charge in [-0.1, -0.05) is 23.4 Å². The van der Waals surface area contributed by atoms with Gasteiger partial charge in [0, 0.05) is 18.3 Å². The predicted molar refractivity (Wildman–Crippen MR) is 72.6 cm³/mol. The summed E-state index contributed by atoms with van der Waals surface area (Å²) >= 11 is 0. The molecule has 1 heterocycles. The van der Waals surface area contributed by atoms with Gasteiger partial charge in [0.05, 0.1) is 11.7 Å². The highest BCUT2D eigenvalue weighted by atomic mass is 16.5. The van der Waals surface area contributed by atoms with Crippen LogP contribution in [-0.2, 0) is 11.3 Å². The van der Waals surface area contributed by atoms with Gasteiger partial charge in [-0.3, -0.25) is 4.79 Å². The summed E-state index contributed by atoms with van der Waals surface area (Å²) in [6.45, 7) is 4.15. The largest absolute Gasteiger partial charge is 0.361 e. The minimum Gasteiger partial charge on any atom is -0.361 e. The van der Waals surface area contributed by atoms with Gasteiger partial charge in [-0.05, 0) is 26.0 Å². The summed E-state index contributed by atoms with van der Waals surface area (Å²) in [5.41, 5.74) is 1.58. The Kier molecular flexibility index (Phi) is 4.30. The summed E-state index contributed by atoms with van der Waals surface area (Å²) in [5.74, 6) is 0.685. The lowest BCUT2D eigenvalue weighted by atomic mass is 10.2. The average Bonchev–Trinajstić information content (AvgIpc) is 2.83. The van der Waals surface area contributed by atoms with Crippen molar-refractivity contribution < 1.29 is 9.32 Å². The van der Waals surface area contributed by atoms with Gasteiger partial charge >= 0.3 is 0 Å². The number of amides is 1. The third-order valence-electron chi connectivity index (χ3n) is 2.70. The van der Waals surface area contributed by atoms with E-state index in [9.17, 15) is 4.79 Å². The number of carbonyl (C=O) groups excluding carboxylic acids is 1. The number of aromatic nitrogens is 1. The molecule has 1 aromatic heterocycles. The Morgan fingerprint density at radius 3 is 2.74 bits per heavy atom. The monoisotopic (exact) mass is 259 g/mol. The van der Waals surface area contributed by atoms with E-state index in [0.717, 1.165) is 17.1 Å². The second kappa shape index (κ2) is 6.15. The molecule has 19 heavy (non-hydrogen) atoms. The third kappa shape index (κ3) is 3.93. The van der Waals surface area contributed by atoms with Crippen molar-refractivity contribution in [3.8, 4) is 0 Å². The highest BCUT2D eigenvalue weighted by Gasteiger charge is 2.13. The second-order valence-electron chi connectivity index (χ2n) is 4.39. The molecule has 0 fully saturated rings. The van der Waals surface area contributed by atoms with Crippen molar-refractivity contribution in [2.45, 2.75) is 26.4 Å². The summed E-state index contributed by atoms with van der Waals surface area (Å²) in [5, 5.41) is 9.80. The van der Waals surface area contributed by atoms with Crippen LogP contribution in [0.4, 0.5) is 5.69 Å². The van der Waals surface area contributed by atoms with Gasteiger partial charge in [-0.15, -0.1) is 0 Å². The van der Waals surface area contributed by atoms with Crippen molar-refractivity contribution in [3.05, 3.63) is 47.9 Å². The number of benzene rings is 1. The Morgan fingerprint density at radius 2 is 2.11 bits per heavy atom. The number of rotatable bonds is 5. The fraction of sp³-hybridized carbons (Fsp3) is 0.286. The first-order valence-corrected chi connectivity index (χ1v) is 6.16. The smallest absolute Gasteiger partial charge is 0.241 e. The van der Waals surface area contributed by atoms with Crippen LogP contribution < -0.4 is 10.6 Å². The van der Waals surface area contributed by atoms with E-state index in [1.54, 1.807) is 0 Å². The third-order valence-corrected chi connectivity index (χ3v) is 2.70. The van der Waals surface area contributed by atoms with Crippen LogP contribution in [0.2, 0.25) is 0 Å². The lowest BCUT2D eigenvalue weighted by Crippen LogP contribution is -2.37. The standard InChI is InChI=1S/C14H17N3O2/c1-10-8-13(17-19-10)9-15-11(2)14(18)16-12-6-4-3-5-7-12/h3-8,11,15H,9H2,1-2H3,(H,16,18). The number of para-hydroxylation sites is 1. The molecule has 1 amide bonds. The zero-order valence-corrected chi connectivity index (χ0v) is 11.0. The first-order chi connectivity index (χ1) is 9.15. The molecule has 0 radical (unpaired) electrons. The van der Waals surface area contributed by atoms with E-state index in [4.69, 9.17) is 4.52 Å². The molecule has 2 N–H and O–H groups in total. The lowest BCUT2D eigenvalue weighted by molar-refractivity contribution is -0.117. The van der Waals surface area contributed by atoms with E-state index in [-0.39, 0.29) is 11.9 Å². The van der Waals surface area contributed by atoms with Crippen LogP contribution in [0.25, 0.3) is 0 Å². The first kappa shape index (κ1) is 13.3. The number of hydrogen-bond acceptors (Lipinski definition) is 4. The molecule has 0 saturated carbocycles. The van der Waals surface area contributed by atoms with Crippen molar-refractivity contribution in [1.82, 2.24) is 10.5 Å². The van der Waals surface area contributed by atoms with E-state index in [2.05, 4.69) is 15.8 Å². The predicted octanol–water partition coefficient (Wildman–Crippen LogP) is 2.10. The van der Waals surface area contributed by atoms with Gasteiger partial charge in [-0.25, -0.2) is 0 Å². The Labute approximate surface area is 112 Å². The van der Waals surface area contributed by atoms with E-state index < -0.39 is 0 Å². The first-order valence-electron chi connectivity index (χ1n) is 6.16. The van der Waals surface area contributed by atoms with Crippen molar-refractivity contribution in [3.63, 3.8) is 0 Å². The molecule has 0 aliphatic carbocycles. The van der Waals surface area contributed by atoms with E-state index in [1.165, 1.54) is 0 Å². The van der Waals surface area contributed by atoms with Crippen LogP contribution in [-0.4, -0.2) is 17.1 Å². The average molecular weight is 259 g/mol. The summed E-state index contributed by atoms with van der Waals surface area (Å²) in [6.07, 6.45) is 0. The van der Waals surface area contributed by atoms with Gasteiger partial charge in [0.25, 0.3) is 0 Å². The van der Waals surface area contributed by atoms with Crippen molar-refractivity contribution in [1.29, 1.82) is 0 Å². The molecule has 0 saturated heterocycles. The molecule has 2 aromatic rings. The minimum atomic E-state index is -0.308. The molecule has 5 nitrogen and oxygen atoms in total. The van der Waals surface area contributed by atoms with E-state index in [1.807, 2.05) is 50.2 Å². The molecule has 0 bridgehead atoms. The zero-order chi connectivity index (χ0) is 13.7. The van der Waals surface area contributed by atoms with E-state index >= 15 is 0 Å². The van der Waals surface area contributed by atoms with Gasteiger partial charge < -0.3 is 15.2 Å². The Hall–Kier alpha value is -2.14. The van der Waals surface area contributed by atoms with Crippen LogP contribution >= 0.6 is 0 Å². The van der Waals surface area contributed by atoms with Gasteiger partial charge in [-0.2, -0.15) is 0 Å². The van der Waals surface area contributed by atoms with Crippen LogP contribution in [0.5, 0.6) is 0 Å². The Balaban J connectivity index is 1.82. The summed E-state index contributed by atoms with van der Waals surface area (Å²) < 4.78 is 4.96. The number of carbonyl (C=O) groups is 1. The van der Waals surface area contributed by atoms with Crippen LogP contribution in [0.3, 0.4) is 0 Å². The summed E-state index contributed by atoms with van der Waals surface area (Å²) in [6, 6.07) is 10.9. The molecular formula is C14H17N3O2. The van der Waals surface area contributed by atoms with Crippen molar-refractivity contribution >= 4 is 11.6 Å². The summed E-state index contributed by atoms with van der Waals surface area (Å²) in [4.78, 5) is 11.9. The summed E-state index contributed by atoms with van der Waals surface area (Å²) in [7, 11) is 0. The van der Waals surface area contributed by atoms with Crippen molar-refractivity contribution in [2.24, 2.45) is 0 Å². The van der Waals surface area contributed by atoms with Crippen LogP contribution in [0, 0.1) is 6.92 Å². The molecule has 0 aliphatic rings. The molecular weight excluding hydrogens is 242 g/mol. The molecule has 2 rings (SSSR count). The second-order valence-corrected chi connectivity index (χ2v) is 4.39. The van der Waals surface area contributed by atoms with Crippen LogP contribution in [0.1, 0.15) is 18.4 Å². The molecule has 100 valence electrons. The zero-order valence-electron chi connectivity index (χ0n) is 11.0. The topological polar surface area (TPSA) is 67.2 Å². The van der Waals surface area contributed by atoms with Gasteiger partial charge in [0.1, 0.15) is 5.76 Å². The molecule has 0 spiro atoms. The van der Waals surface area contributed by atoms with Gasteiger partial charge in [0.2, 0.25) is 5.91 Å². The fourth-order valence-electron chi connectivity index (χ4n) is 1.62. The SMILES string of the molecule is Cc1cc(CNC(C)C(=O)Nc2ccccc2)no1. The van der Waals surface area contributed by atoms with Crippen LogP contribution in [0.15, 0.2) is 40.9 Å². The van der Waals surface area contributed by atoms with Gasteiger partial charge in [0.15, 0.2) is 0 Å². The highest BCUT2D eigenvalue weighted by Crippen LogP contribution is 2.06. The maximum absolute atomic E-state index is 11.9. The maximum Gasteiger partial charge on any atom is 0.241 e. The number of aryl methyl sites for hydroxylation is 1. The minimum absolute atomic E-state index is 0.0774. The molecule has 1 unspecified atom stereocenters. The Morgan fingerprint density at radius 1 is 1.37 bits per heavy atom. The highest BCUT2D eigenvalue weighted by molar-refractivity contribution is 5.94. The normalized spacial score (nSPS) is 12.1. The molecule has 1 atom stereocenters. The van der Waals surface area contributed by atoms with E-state index in [0.29, 0.717) is 6.54 Å². The molecule has 1 aromatic carbocycles. The number of anilines is 1.